The van der Waals surface area contributed by atoms with Gasteiger partial charge in [0.2, 0.25) is 5.01 Å². The lowest BCUT2D eigenvalue weighted by Crippen LogP contribution is -2.39. The number of hydrogen-bond donors (Lipinski definition) is 0. The van der Waals surface area contributed by atoms with Crippen LogP contribution < -0.4 is 0 Å². The zero-order chi connectivity index (χ0) is 15.3. The molecule has 0 saturated heterocycles. The number of halogens is 3. The Kier molecular flexibility index (Phi) is 5.49. The van der Waals surface area contributed by atoms with Gasteiger partial charge in [-0.05, 0) is 13.8 Å². The molecule has 0 aliphatic heterocycles. The largest absolute Gasteiger partial charge is 0.461 e. The van der Waals surface area contributed by atoms with Gasteiger partial charge < -0.3 is 9.64 Å². The van der Waals surface area contributed by atoms with Gasteiger partial charge >= 0.3 is 12.1 Å². The van der Waals surface area contributed by atoms with Crippen LogP contribution in [0.5, 0.6) is 0 Å². The van der Waals surface area contributed by atoms with Crippen LogP contribution in [-0.2, 0) is 4.74 Å². The molecule has 0 unspecified atom stereocenters. The average molecular weight is 310 g/mol. The van der Waals surface area contributed by atoms with Crippen LogP contribution in [0.4, 0.5) is 13.2 Å². The van der Waals surface area contributed by atoms with E-state index in [0.717, 1.165) is 11.3 Å². The number of aromatic nitrogens is 1. The van der Waals surface area contributed by atoms with Crippen LogP contribution in [0.1, 0.15) is 34.1 Å². The number of ether oxygens (including phenoxy) is 1. The maximum Gasteiger partial charge on any atom is 0.406 e. The molecule has 1 aromatic rings. The molecule has 0 spiro atoms. The van der Waals surface area contributed by atoms with Crippen molar-refractivity contribution < 1.29 is 27.5 Å². The number of nitrogens with zero attached hydrogens (tertiary/aromatic N) is 2. The molecule has 20 heavy (non-hydrogen) atoms. The Labute approximate surface area is 117 Å². The minimum atomic E-state index is -4.48. The highest BCUT2D eigenvalue weighted by molar-refractivity contribution is 7.11. The fourth-order valence-electron chi connectivity index (χ4n) is 1.36. The number of rotatable bonds is 5. The summed E-state index contributed by atoms with van der Waals surface area (Å²) in [6, 6.07) is 0. The van der Waals surface area contributed by atoms with Crippen LogP contribution in [0.2, 0.25) is 0 Å². The number of carbonyl (C=O) groups excluding carboxylic acids is 2. The van der Waals surface area contributed by atoms with Gasteiger partial charge in [-0.3, -0.25) is 4.79 Å². The van der Waals surface area contributed by atoms with Gasteiger partial charge in [-0.15, -0.1) is 11.3 Å². The molecule has 0 bridgehead atoms. The van der Waals surface area contributed by atoms with Crippen molar-refractivity contribution in [2.45, 2.75) is 20.0 Å². The van der Waals surface area contributed by atoms with E-state index in [4.69, 9.17) is 4.74 Å². The molecule has 1 aromatic heterocycles. The summed E-state index contributed by atoms with van der Waals surface area (Å²) < 4.78 is 41.6. The van der Waals surface area contributed by atoms with Crippen LogP contribution in [-0.4, -0.2) is 47.6 Å². The van der Waals surface area contributed by atoms with E-state index in [9.17, 15) is 22.8 Å². The molecule has 0 aliphatic carbocycles. The lowest BCUT2D eigenvalue weighted by atomic mass is 10.3. The number of carbonyl (C=O) groups is 2. The first-order chi connectivity index (χ1) is 9.28. The van der Waals surface area contributed by atoms with Gasteiger partial charge in [0.25, 0.3) is 5.91 Å². The molecule has 0 atom stereocenters. The lowest BCUT2D eigenvalue weighted by molar-refractivity contribution is -0.140. The quantitative estimate of drug-likeness (QED) is 0.783. The first-order valence-electron chi connectivity index (χ1n) is 5.77. The second kappa shape index (κ2) is 6.69. The van der Waals surface area contributed by atoms with Gasteiger partial charge in [0.05, 0.1) is 6.61 Å². The molecule has 0 aliphatic rings. The fraction of sp³-hybridized carbons (Fsp3) is 0.545. The van der Waals surface area contributed by atoms with E-state index in [1.54, 1.807) is 6.92 Å². The first-order valence-corrected chi connectivity index (χ1v) is 6.65. The minimum Gasteiger partial charge on any atom is -0.461 e. The summed E-state index contributed by atoms with van der Waals surface area (Å²) in [5.41, 5.74) is -0.191. The normalized spacial score (nSPS) is 11.2. The smallest absolute Gasteiger partial charge is 0.406 e. The van der Waals surface area contributed by atoms with E-state index in [-0.39, 0.29) is 23.9 Å². The third kappa shape index (κ3) is 4.48. The molecule has 1 rings (SSSR count). The monoisotopic (exact) mass is 310 g/mol. The Balaban J connectivity index is 2.83. The summed E-state index contributed by atoms with van der Waals surface area (Å²) in [5, 5.41) is 1.19. The van der Waals surface area contributed by atoms with Gasteiger partial charge in [-0.25, -0.2) is 9.78 Å². The topological polar surface area (TPSA) is 59.5 Å². The lowest BCUT2D eigenvalue weighted by Gasteiger charge is -2.21. The molecule has 0 N–H and O–H groups in total. The summed E-state index contributed by atoms with van der Waals surface area (Å²) in [6.45, 7) is 1.73. The number of amides is 1. The maximum absolute atomic E-state index is 12.3. The molecule has 1 heterocycles. The van der Waals surface area contributed by atoms with Crippen molar-refractivity contribution in [2.75, 3.05) is 19.7 Å². The molecule has 0 aromatic carbocycles. The summed E-state index contributed by atoms with van der Waals surface area (Å²) in [5.74, 6) is -1.56. The standard InChI is InChI=1S/C11H13F3N2O3S/c1-3-16(6-11(12,13)14)9(17)7-5-20-8(15-7)10(18)19-4-2/h5H,3-4,6H2,1-2H3. The highest BCUT2D eigenvalue weighted by atomic mass is 32.1. The number of alkyl halides is 3. The zero-order valence-corrected chi connectivity index (χ0v) is 11.7. The van der Waals surface area contributed by atoms with Gasteiger partial charge in [0, 0.05) is 11.9 Å². The highest BCUT2D eigenvalue weighted by Gasteiger charge is 2.33. The third-order valence-corrected chi connectivity index (χ3v) is 3.03. The van der Waals surface area contributed by atoms with Gasteiger partial charge in [-0.1, -0.05) is 0 Å². The Hall–Kier alpha value is -1.64. The molecule has 5 nitrogen and oxygen atoms in total. The van der Waals surface area contributed by atoms with Crippen molar-refractivity contribution in [2.24, 2.45) is 0 Å². The maximum atomic E-state index is 12.3. The van der Waals surface area contributed by atoms with Crippen LogP contribution in [0.25, 0.3) is 0 Å². The number of hydrogen-bond acceptors (Lipinski definition) is 5. The molecule has 112 valence electrons. The summed E-state index contributed by atoms with van der Waals surface area (Å²) in [7, 11) is 0. The van der Waals surface area contributed by atoms with Gasteiger partial charge in [0.1, 0.15) is 12.2 Å². The minimum absolute atomic E-state index is 0.0572. The van der Waals surface area contributed by atoms with Gasteiger partial charge in [0.15, 0.2) is 0 Å². The Morgan fingerprint density at radius 2 is 2.05 bits per heavy atom. The van der Waals surface area contributed by atoms with Crippen LogP contribution in [0.3, 0.4) is 0 Å². The van der Waals surface area contributed by atoms with E-state index in [0.29, 0.717) is 4.90 Å². The molecule has 1 amide bonds. The van der Waals surface area contributed by atoms with E-state index in [1.807, 2.05) is 0 Å². The van der Waals surface area contributed by atoms with Crippen molar-refractivity contribution in [3.8, 4) is 0 Å². The van der Waals surface area contributed by atoms with Crippen molar-refractivity contribution in [1.82, 2.24) is 9.88 Å². The SMILES string of the molecule is CCOC(=O)c1nc(C(=O)N(CC)CC(F)(F)F)cs1. The van der Waals surface area contributed by atoms with E-state index in [1.165, 1.54) is 12.3 Å². The van der Waals surface area contributed by atoms with Gasteiger partial charge in [-0.2, -0.15) is 13.2 Å². The average Bonchev–Trinajstić information content (AvgIpc) is 2.84. The second-order valence-corrected chi connectivity index (χ2v) is 4.55. The van der Waals surface area contributed by atoms with Crippen LogP contribution in [0, 0.1) is 0 Å². The van der Waals surface area contributed by atoms with Crippen LogP contribution >= 0.6 is 11.3 Å². The Morgan fingerprint density at radius 3 is 2.55 bits per heavy atom. The summed E-state index contributed by atoms with van der Waals surface area (Å²) >= 11 is 0.857. The van der Waals surface area contributed by atoms with Crippen molar-refractivity contribution in [3.63, 3.8) is 0 Å². The molecule has 9 heteroatoms. The van der Waals surface area contributed by atoms with E-state index in [2.05, 4.69) is 4.98 Å². The highest BCUT2D eigenvalue weighted by Crippen LogP contribution is 2.19. The van der Waals surface area contributed by atoms with Crippen molar-refractivity contribution in [1.29, 1.82) is 0 Å². The van der Waals surface area contributed by atoms with Crippen LogP contribution in [0.15, 0.2) is 5.38 Å². The number of esters is 1. The van der Waals surface area contributed by atoms with Crippen molar-refractivity contribution in [3.05, 3.63) is 16.1 Å². The molecule has 0 saturated carbocycles. The molecular formula is C11H13F3N2O3S. The predicted octanol–water partition coefficient (Wildman–Crippen LogP) is 2.34. The predicted molar refractivity (Wildman–Crippen MR) is 65.7 cm³/mol. The summed E-state index contributed by atoms with van der Waals surface area (Å²) in [6.07, 6.45) is -4.48. The Bertz CT molecular complexity index is 488. The summed E-state index contributed by atoms with van der Waals surface area (Å²) in [4.78, 5) is 27.6. The first kappa shape index (κ1) is 16.4. The molecular weight excluding hydrogens is 297 g/mol. The van der Waals surface area contributed by atoms with E-state index < -0.39 is 24.6 Å². The third-order valence-electron chi connectivity index (χ3n) is 2.21. The Morgan fingerprint density at radius 1 is 1.40 bits per heavy atom. The fourth-order valence-corrected chi connectivity index (χ4v) is 2.05. The van der Waals surface area contributed by atoms with Crippen molar-refractivity contribution >= 4 is 23.2 Å². The van der Waals surface area contributed by atoms with E-state index >= 15 is 0 Å². The second-order valence-electron chi connectivity index (χ2n) is 3.69. The number of thiazole rings is 1. The molecule has 0 radical (unpaired) electrons. The molecule has 0 fully saturated rings. The zero-order valence-electron chi connectivity index (χ0n) is 10.9.